The van der Waals surface area contributed by atoms with Crippen LogP contribution in [-0.2, 0) is 4.79 Å². The topological polar surface area (TPSA) is 66.0 Å². The predicted molar refractivity (Wildman–Crippen MR) is 95.6 cm³/mol. The van der Waals surface area contributed by atoms with E-state index in [-0.39, 0.29) is 17.7 Å². The fraction of sp³-hybridized carbons (Fsp3) is 0.158. The second kappa shape index (κ2) is 7.71. The minimum Gasteiger partial charge on any atom is -0.459 e. The van der Waals surface area contributed by atoms with Gasteiger partial charge in [-0.25, -0.2) is 0 Å². The number of benzene rings is 2. The number of para-hydroxylation sites is 1. The van der Waals surface area contributed by atoms with Gasteiger partial charge >= 0.3 is 0 Å². The van der Waals surface area contributed by atoms with E-state index in [2.05, 4.69) is 5.32 Å². The average Bonchev–Trinajstić information content (AvgIpc) is 3.04. The molecule has 1 heterocycles. The molecule has 1 amide bonds. The molecule has 1 N–H and O–H groups in total. The first kappa shape index (κ1) is 16.2. The lowest BCUT2D eigenvalue weighted by atomic mass is 10.0. The van der Waals surface area contributed by atoms with E-state index in [1.807, 2.05) is 66.7 Å². The molecule has 0 saturated carbocycles. The summed E-state index contributed by atoms with van der Waals surface area (Å²) >= 11 is 1.29. The summed E-state index contributed by atoms with van der Waals surface area (Å²) in [6.07, 6.45) is 0. The van der Waals surface area contributed by atoms with Crippen molar-refractivity contribution in [1.82, 2.24) is 5.32 Å². The number of amides is 1. The molecular weight excluding hydrogens is 320 g/mol. The van der Waals surface area contributed by atoms with Gasteiger partial charge in [-0.2, -0.15) is 5.26 Å². The number of hydrogen-bond donors (Lipinski definition) is 1. The zero-order chi connectivity index (χ0) is 16.8. The van der Waals surface area contributed by atoms with Crippen LogP contribution in [0.3, 0.4) is 0 Å². The van der Waals surface area contributed by atoms with E-state index in [4.69, 9.17) is 9.68 Å². The molecule has 3 rings (SSSR count). The zero-order valence-electron chi connectivity index (χ0n) is 12.9. The highest BCUT2D eigenvalue weighted by molar-refractivity contribution is 8.00. The van der Waals surface area contributed by atoms with Gasteiger partial charge in [0, 0.05) is 5.39 Å². The smallest absolute Gasteiger partial charge is 0.230 e. The summed E-state index contributed by atoms with van der Waals surface area (Å²) in [5.74, 6) is 1.12. The van der Waals surface area contributed by atoms with Gasteiger partial charge in [0.1, 0.15) is 17.4 Å². The lowest BCUT2D eigenvalue weighted by molar-refractivity contribution is -0.119. The van der Waals surface area contributed by atoms with Gasteiger partial charge in [-0.05, 0) is 17.7 Å². The largest absolute Gasteiger partial charge is 0.459 e. The molecular formula is C19H16N2O2S. The highest BCUT2D eigenvalue weighted by atomic mass is 32.2. The maximum atomic E-state index is 12.2. The fourth-order valence-electron chi connectivity index (χ4n) is 2.50. The molecule has 5 heteroatoms. The van der Waals surface area contributed by atoms with Gasteiger partial charge in [-0.3, -0.25) is 4.79 Å². The van der Waals surface area contributed by atoms with Crippen LogP contribution in [0.1, 0.15) is 17.4 Å². The lowest BCUT2D eigenvalue weighted by Crippen LogP contribution is -2.30. The monoisotopic (exact) mass is 336 g/mol. The first-order valence-electron chi connectivity index (χ1n) is 7.55. The number of carbonyl (C=O) groups excluding carboxylic acids is 1. The van der Waals surface area contributed by atoms with Gasteiger partial charge in [0.05, 0.1) is 17.6 Å². The molecule has 1 atom stereocenters. The number of nitrogens with zero attached hydrogens (tertiary/aromatic N) is 1. The minimum atomic E-state index is -0.353. The zero-order valence-corrected chi connectivity index (χ0v) is 13.8. The normalized spacial score (nSPS) is 11.8. The molecule has 1 aromatic heterocycles. The van der Waals surface area contributed by atoms with Crippen molar-refractivity contribution < 1.29 is 9.21 Å². The second-order valence-corrected chi connectivity index (χ2v) is 6.23. The Morgan fingerprint density at radius 1 is 1.17 bits per heavy atom. The van der Waals surface area contributed by atoms with Crippen molar-refractivity contribution in [1.29, 1.82) is 5.26 Å². The molecule has 1 unspecified atom stereocenters. The Balaban J connectivity index is 1.88. The van der Waals surface area contributed by atoms with E-state index in [1.54, 1.807) is 0 Å². The summed E-state index contributed by atoms with van der Waals surface area (Å²) in [5.41, 5.74) is 1.75. The Labute approximate surface area is 144 Å². The molecule has 0 bridgehead atoms. The van der Waals surface area contributed by atoms with Crippen molar-refractivity contribution in [2.45, 2.75) is 6.04 Å². The van der Waals surface area contributed by atoms with Gasteiger partial charge in [-0.15, -0.1) is 11.8 Å². The van der Waals surface area contributed by atoms with Crippen LogP contribution in [0.25, 0.3) is 11.0 Å². The third kappa shape index (κ3) is 3.79. The SMILES string of the molecule is N#CCSCC(=O)NC(c1ccccc1)c1cc2ccccc2o1. The van der Waals surface area contributed by atoms with E-state index >= 15 is 0 Å². The minimum absolute atomic E-state index is 0.121. The standard InChI is InChI=1S/C19H16N2O2S/c20-10-11-24-13-18(22)21-19(14-6-2-1-3-7-14)17-12-15-8-4-5-9-16(15)23-17/h1-9,12,19H,11,13H2,(H,21,22). The van der Waals surface area contributed by atoms with Crippen LogP contribution in [0, 0.1) is 11.3 Å². The Morgan fingerprint density at radius 2 is 1.92 bits per heavy atom. The number of fused-ring (bicyclic) bond motifs is 1. The molecule has 0 fully saturated rings. The molecule has 120 valence electrons. The van der Waals surface area contributed by atoms with E-state index < -0.39 is 0 Å². The van der Waals surface area contributed by atoms with Crippen molar-refractivity contribution in [3.8, 4) is 6.07 Å². The summed E-state index contributed by atoms with van der Waals surface area (Å²) in [4.78, 5) is 12.2. The number of rotatable bonds is 6. The van der Waals surface area contributed by atoms with Gasteiger partial charge in [0.15, 0.2) is 0 Å². The maximum Gasteiger partial charge on any atom is 0.230 e. The molecule has 0 aliphatic heterocycles. The molecule has 4 nitrogen and oxygen atoms in total. The molecule has 2 aromatic carbocycles. The second-order valence-electron chi connectivity index (χ2n) is 5.25. The van der Waals surface area contributed by atoms with Gasteiger partial charge in [0.25, 0.3) is 0 Å². The van der Waals surface area contributed by atoms with Gasteiger partial charge in [-0.1, -0.05) is 48.5 Å². The number of hydrogen-bond acceptors (Lipinski definition) is 4. The number of thioether (sulfide) groups is 1. The third-order valence-electron chi connectivity index (χ3n) is 3.57. The molecule has 0 radical (unpaired) electrons. The van der Waals surface area contributed by atoms with Crippen molar-refractivity contribution >= 4 is 28.6 Å². The van der Waals surface area contributed by atoms with Crippen molar-refractivity contribution in [2.75, 3.05) is 11.5 Å². The highest BCUT2D eigenvalue weighted by Gasteiger charge is 2.20. The van der Waals surface area contributed by atoms with E-state index in [0.717, 1.165) is 16.5 Å². The fourth-order valence-corrected chi connectivity index (χ4v) is 2.96. The predicted octanol–water partition coefficient (Wildman–Crippen LogP) is 3.90. The molecule has 0 spiro atoms. The summed E-state index contributed by atoms with van der Waals surface area (Å²) in [6.45, 7) is 0. The van der Waals surface area contributed by atoms with E-state index in [1.165, 1.54) is 11.8 Å². The van der Waals surface area contributed by atoms with Gasteiger partial charge < -0.3 is 9.73 Å². The van der Waals surface area contributed by atoms with Crippen LogP contribution in [0.5, 0.6) is 0 Å². The maximum absolute atomic E-state index is 12.2. The molecule has 0 aliphatic carbocycles. The Hall–Kier alpha value is -2.71. The van der Waals surface area contributed by atoms with E-state index in [9.17, 15) is 4.79 Å². The van der Waals surface area contributed by atoms with Crippen LogP contribution in [0.4, 0.5) is 0 Å². The van der Waals surface area contributed by atoms with Crippen LogP contribution < -0.4 is 5.32 Å². The molecule has 3 aromatic rings. The number of nitrogens with one attached hydrogen (secondary N) is 1. The summed E-state index contributed by atoms with van der Waals surface area (Å²) in [5, 5.41) is 12.6. The van der Waals surface area contributed by atoms with E-state index in [0.29, 0.717) is 11.5 Å². The lowest BCUT2D eigenvalue weighted by Gasteiger charge is -2.17. The highest BCUT2D eigenvalue weighted by Crippen LogP contribution is 2.28. The van der Waals surface area contributed by atoms with Crippen molar-refractivity contribution in [3.63, 3.8) is 0 Å². The van der Waals surface area contributed by atoms with Crippen molar-refractivity contribution in [3.05, 3.63) is 72.0 Å². The summed E-state index contributed by atoms with van der Waals surface area (Å²) < 4.78 is 5.94. The van der Waals surface area contributed by atoms with Gasteiger partial charge in [0.2, 0.25) is 5.91 Å². The first-order valence-corrected chi connectivity index (χ1v) is 8.71. The van der Waals surface area contributed by atoms with Crippen LogP contribution in [-0.4, -0.2) is 17.4 Å². The number of carbonyl (C=O) groups is 1. The first-order chi connectivity index (χ1) is 11.8. The third-order valence-corrected chi connectivity index (χ3v) is 4.37. The van der Waals surface area contributed by atoms with Crippen LogP contribution in [0.2, 0.25) is 0 Å². The summed E-state index contributed by atoms with van der Waals surface area (Å²) in [6, 6.07) is 21.1. The molecule has 0 aliphatic rings. The quantitative estimate of drug-likeness (QED) is 0.693. The van der Waals surface area contributed by atoms with Crippen LogP contribution >= 0.6 is 11.8 Å². The molecule has 0 saturated heterocycles. The molecule has 24 heavy (non-hydrogen) atoms. The number of nitriles is 1. The average molecular weight is 336 g/mol. The number of furan rings is 1. The van der Waals surface area contributed by atoms with Crippen LogP contribution in [0.15, 0.2) is 65.1 Å². The Bertz CT molecular complexity index is 835. The van der Waals surface area contributed by atoms with Crippen molar-refractivity contribution in [2.24, 2.45) is 0 Å². The Morgan fingerprint density at radius 3 is 2.67 bits per heavy atom. The Kier molecular flexibility index (Phi) is 5.19. The summed E-state index contributed by atoms with van der Waals surface area (Å²) in [7, 11) is 0.